The molecule has 0 fully saturated rings. The van der Waals surface area contributed by atoms with Gasteiger partial charge in [0.1, 0.15) is 0 Å². The predicted octanol–water partition coefficient (Wildman–Crippen LogP) is -0.137. The molecular weight excluding hydrogens is 196 g/mol. The van der Waals surface area contributed by atoms with Crippen LogP contribution in [0.25, 0.3) is 0 Å². The normalized spacial score (nSPS) is 12.0. The van der Waals surface area contributed by atoms with Crippen LogP contribution in [-0.2, 0) is 14.3 Å². The highest BCUT2D eigenvalue weighted by molar-refractivity contribution is 5.75. The lowest BCUT2D eigenvalue weighted by molar-refractivity contribution is -0.144. The molecule has 0 aliphatic carbocycles. The summed E-state index contributed by atoms with van der Waals surface area (Å²) in [6.45, 7) is 2.90. The Labute approximate surface area is 90.8 Å². The summed E-state index contributed by atoms with van der Waals surface area (Å²) < 4.78 is 4.57. The average molecular weight is 216 g/mol. The van der Waals surface area contributed by atoms with Gasteiger partial charge in [0, 0.05) is 33.6 Å². The van der Waals surface area contributed by atoms with Gasteiger partial charge in [-0.3, -0.25) is 9.59 Å². The highest BCUT2D eigenvalue weighted by Gasteiger charge is 2.12. The summed E-state index contributed by atoms with van der Waals surface area (Å²) in [4.78, 5) is 23.7. The number of hydrogen-bond acceptors (Lipinski definition) is 4. The molecule has 0 aliphatic heterocycles. The second-order valence-electron chi connectivity index (χ2n) is 3.67. The number of nitrogens with one attached hydrogen (secondary N) is 1. The highest BCUT2D eigenvalue weighted by Crippen LogP contribution is 1.95. The molecule has 15 heavy (non-hydrogen) atoms. The molecule has 0 radical (unpaired) electrons. The van der Waals surface area contributed by atoms with Crippen LogP contribution in [0.1, 0.15) is 13.3 Å². The molecule has 0 aromatic carbocycles. The van der Waals surface area contributed by atoms with E-state index in [4.69, 9.17) is 0 Å². The molecule has 5 heteroatoms. The molecule has 1 amide bonds. The predicted molar refractivity (Wildman–Crippen MR) is 57.4 cm³/mol. The molecule has 1 atom stereocenters. The van der Waals surface area contributed by atoms with Crippen molar-refractivity contribution >= 4 is 11.9 Å². The van der Waals surface area contributed by atoms with Gasteiger partial charge in [-0.05, 0) is 0 Å². The van der Waals surface area contributed by atoms with E-state index in [9.17, 15) is 9.59 Å². The Balaban J connectivity index is 3.54. The fourth-order valence-corrected chi connectivity index (χ4v) is 1.02. The summed E-state index contributed by atoms with van der Waals surface area (Å²) in [5.41, 5.74) is 0. The highest BCUT2D eigenvalue weighted by atomic mass is 16.5. The van der Waals surface area contributed by atoms with Gasteiger partial charge in [0.25, 0.3) is 0 Å². The van der Waals surface area contributed by atoms with Gasteiger partial charge in [-0.1, -0.05) is 6.92 Å². The number of amides is 1. The Bertz CT molecular complexity index is 217. The maximum Gasteiger partial charge on any atom is 0.309 e. The molecule has 5 nitrogen and oxygen atoms in total. The van der Waals surface area contributed by atoms with Gasteiger partial charge in [-0.15, -0.1) is 0 Å². The van der Waals surface area contributed by atoms with Gasteiger partial charge in [-0.2, -0.15) is 0 Å². The first kappa shape index (κ1) is 13.9. The second-order valence-corrected chi connectivity index (χ2v) is 3.67. The second kappa shape index (κ2) is 7.23. The van der Waals surface area contributed by atoms with Gasteiger partial charge >= 0.3 is 5.97 Å². The topological polar surface area (TPSA) is 58.6 Å². The van der Waals surface area contributed by atoms with Gasteiger partial charge in [-0.25, -0.2) is 0 Å². The van der Waals surface area contributed by atoms with Crippen LogP contribution < -0.4 is 5.32 Å². The minimum atomic E-state index is -0.235. The van der Waals surface area contributed by atoms with Crippen LogP contribution >= 0.6 is 0 Å². The van der Waals surface area contributed by atoms with Crippen LogP contribution in [0.4, 0.5) is 0 Å². The molecule has 0 aromatic heterocycles. The third kappa shape index (κ3) is 6.06. The van der Waals surface area contributed by atoms with Crippen LogP contribution in [0.3, 0.4) is 0 Å². The summed E-state index contributed by atoms with van der Waals surface area (Å²) >= 11 is 0. The maximum atomic E-state index is 11.2. The summed E-state index contributed by atoms with van der Waals surface area (Å²) in [5.74, 6) is -0.334. The Morgan fingerprint density at radius 3 is 2.47 bits per heavy atom. The smallest absolute Gasteiger partial charge is 0.309 e. The van der Waals surface area contributed by atoms with E-state index in [2.05, 4.69) is 10.1 Å². The minimum Gasteiger partial charge on any atom is -0.469 e. The lowest BCUT2D eigenvalue weighted by Gasteiger charge is -2.12. The molecule has 0 aromatic rings. The van der Waals surface area contributed by atoms with Crippen molar-refractivity contribution < 1.29 is 14.3 Å². The van der Waals surface area contributed by atoms with E-state index in [1.54, 1.807) is 25.9 Å². The van der Waals surface area contributed by atoms with E-state index in [0.717, 1.165) is 0 Å². The Kier molecular flexibility index (Phi) is 6.70. The van der Waals surface area contributed by atoms with Crippen LogP contribution in [0, 0.1) is 5.92 Å². The Hall–Kier alpha value is -1.10. The van der Waals surface area contributed by atoms with E-state index in [1.165, 1.54) is 7.11 Å². The van der Waals surface area contributed by atoms with E-state index in [-0.39, 0.29) is 17.8 Å². The van der Waals surface area contributed by atoms with Crippen molar-refractivity contribution in [1.82, 2.24) is 10.2 Å². The maximum absolute atomic E-state index is 11.2. The van der Waals surface area contributed by atoms with Crippen LogP contribution in [0.5, 0.6) is 0 Å². The van der Waals surface area contributed by atoms with Crippen molar-refractivity contribution in [3.05, 3.63) is 0 Å². The van der Waals surface area contributed by atoms with Gasteiger partial charge in [0.15, 0.2) is 0 Å². The number of carbonyl (C=O) groups excluding carboxylic acids is 2. The minimum absolute atomic E-state index is 0.0771. The number of ether oxygens (including phenoxy) is 1. The van der Waals surface area contributed by atoms with Crippen LogP contribution in [0.2, 0.25) is 0 Å². The summed E-state index contributed by atoms with van der Waals surface area (Å²) in [7, 11) is 4.81. The summed E-state index contributed by atoms with van der Waals surface area (Å²) in [6, 6.07) is 0. The Morgan fingerprint density at radius 2 is 2.00 bits per heavy atom. The largest absolute Gasteiger partial charge is 0.469 e. The first-order valence-corrected chi connectivity index (χ1v) is 4.97. The van der Waals surface area contributed by atoms with Gasteiger partial charge in [0.05, 0.1) is 13.0 Å². The van der Waals surface area contributed by atoms with Crippen molar-refractivity contribution in [2.24, 2.45) is 5.92 Å². The van der Waals surface area contributed by atoms with Gasteiger partial charge < -0.3 is 15.0 Å². The summed E-state index contributed by atoms with van der Waals surface area (Å²) in [5, 5.41) is 3.04. The van der Waals surface area contributed by atoms with Crippen molar-refractivity contribution in [3.63, 3.8) is 0 Å². The standard InChI is InChI=1S/C10H20N2O3/c1-8(10(14)15-4)7-11-6-5-9(13)12(2)3/h8,11H,5-7H2,1-4H3. The first-order valence-electron chi connectivity index (χ1n) is 4.97. The fraction of sp³-hybridized carbons (Fsp3) is 0.800. The molecule has 0 heterocycles. The zero-order valence-electron chi connectivity index (χ0n) is 9.87. The molecule has 1 unspecified atom stereocenters. The van der Waals surface area contributed by atoms with Crippen LogP contribution in [0.15, 0.2) is 0 Å². The third-order valence-corrected chi connectivity index (χ3v) is 2.07. The average Bonchev–Trinajstić information content (AvgIpc) is 2.22. The molecule has 1 N–H and O–H groups in total. The number of esters is 1. The lowest BCUT2D eigenvalue weighted by atomic mass is 10.2. The van der Waals surface area contributed by atoms with E-state index >= 15 is 0 Å². The third-order valence-electron chi connectivity index (χ3n) is 2.07. The van der Waals surface area contributed by atoms with Crippen molar-refractivity contribution in [1.29, 1.82) is 0 Å². The lowest BCUT2D eigenvalue weighted by Crippen LogP contribution is -2.31. The van der Waals surface area contributed by atoms with Crippen LogP contribution in [-0.4, -0.2) is 51.1 Å². The van der Waals surface area contributed by atoms with E-state index in [0.29, 0.717) is 19.5 Å². The molecule has 0 saturated carbocycles. The number of nitrogens with zero attached hydrogens (tertiary/aromatic N) is 1. The van der Waals surface area contributed by atoms with E-state index in [1.807, 2.05) is 0 Å². The molecule has 88 valence electrons. The molecule has 0 aliphatic rings. The van der Waals surface area contributed by atoms with Gasteiger partial charge in [0.2, 0.25) is 5.91 Å². The summed E-state index contributed by atoms with van der Waals surface area (Å²) in [6.07, 6.45) is 0.445. The monoisotopic (exact) mass is 216 g/mol. The number of hydrogen-bond donors (Lipinski definition) is 1. The van der Waals surface area contributed by atoms with Crippen molar-refractivity contribution in [2.45, 2.75) is 13.3 Å². The van der Waals surface area contributed by atoms with Crippen molar-refractivity contribution in [3.8, 4) is 0 Å². The zero-order chi connectivity index (χ0) is 11.8. The molecule has 0 spiro atoms. The molecule has 0 rings (SSSR count). The molecule has 0 saturated heterocycles. The van der Waals surface area contributed by atoms with Crippen molar-refractivity contribution in [2.75, 3.05) is 34.3 Å². The first-order chi connectivity index (χ1) is 6.99. The zero-order valence-corrected chi connectivity index (χ0v) is 9.87. The molecular formula is C10H20N2O3. The quantitative estimate of drug-likeness (QED) is 0.496. The number of rotatable bonds is 6. The molecule has 0 bridgehead atoms. The fourth-order valence-electron chi connectivity index (χ4n) is 1.02. The Morgan fingerprint density at radius 1 is 1.40 bits per heavy atom. The van der Waals surface area contributed by atoms with E-state index < -0.39 is 0 Å². The SMILES string of the molecule is COC(=O)C(C)CNCCC(=O)N(C)C. The number of methoxy groups -OCH3 is 1. The number of carbonyl (C=O) groups is 2.